The van der Waals surface area contributed by atoms with Crippen LogP contribution >= 0.6 is 0 Å². The van der Waals surface area contributed by atoms with Crippen molar-refractivity contribution < 1.29 is 19.4 Å². The van der Waals surface area contributed by atoms with Crippen LogP contribution in [0.2, 0.25) is 0 Å². The molecule has 172 valence electrons. The van der Waals surface area contributed by atoms with Gasteiger partial charge in [-0.05, 0) is 68.5 Å². The fraction of sp³-hybridized carbons (Fsp3) is 0.500. The first-order chi connectivity index (χ1) is 15.6. The number of aromatic hydroxyl groups is 1. The molecule has 2 fully saturated rings. The lowest BCUT2D eigenvalue weighted by Gasteiger charge is -2.33. The molecule has 0 aromatic heterocycles. The highest BCUT2D eigenvalue weighted by atomic mass is 16.5. The van der Waals surface area contributed by atoms with Gasteiger partial charge in [0.25, 0.3) is 5.91 Å². The molecule has 2 aliphatic heterocycles. The zero-order valence-corrected chi connectivity index (χ0v) is 19.0. The van der Waals surface area contributed by atoms with E-state index in [1.165, 1.54) is 6.42 Å². The molecule has 1 atom stereocenters. The zero-order chi connectivity index (χ0) is 22.3. The van der Waals surface area contributed by atoms with Crippen LogP contribution in [-0.2, 0) is 6.54 Å². The van der Waals surface area contributed by atoms with E-state index in [0.717, 1.165) is 64.0 Å². The molecule has 1 unspecified atom stereocenters. The van der Waals surface area contributed by atoms with Crippen LogP contribution in [0.15, 0.2) is 42.5 Å². The number of hydrogen-bond donors (Lipinski definition) is 1. The van der Waals surface area contributed by atoms with E-state index in [9.17, 15) is 9.90 Å². The van der Waals surface area contributed by atoms with Crippen LogP contribution in [0, 0.1) is 5.92 Å². The van der Waals surface area contributed by atoms with Crippen molar-refractivity contribution in [3.05, 3.63) is 53.6 Å². The monoisotopic (exact) mass is 438 g/mol. The third-order valence-electron chi connectivity index (χ3n) is 6.49. The molecule has 6 nitrogen and oxygen atoms in total. The number of likely N-dealkylation sites (tertiary alicyclic amines) is 2. The molecule has 2 aliphatic rings. The number of para-hydroxylation sites is 1. The lowest BCUT2D eigenvalue weighted by atomic mass is 9.98. The number of ether oxygens (including phenoxy) is 2. The number of rotatable bonds is 7. The lowest BCUT2D eigenvalue weighted by molar-refractivity contribution is 0.0716. The molecular formula is C26H34N2O4. The molecule has 0 bridgehead atoms. The number of carbonyl (C=O) groups excluding carboxylic acids is 1. The Morgan fingerprint density at radius 1 is 1.03 bits per heavy atom. The van der Waals surface area contributed by atoms with Crippen LogP contribution in [0.3, 0.4) is 0 Å². The predicted molar refractivity (Wildman–Crippen MR) is 124 cm³/mol. The molecule has 4 rings (SSSR count). The predicted octanol–water partition coefficient (Wildman–Crippen LogP) is 4.32. The highest BCUT2D eigenvalue weighted by molar-refractivity contribution is 5.97. The Bertz CT molecular complexity index is 910. The van der Waals surface area contributed by atoms with Gasteiger partial charge >= 0.3 is 0 Å². The van der Waals surface area contributed by atoms with Crippen LogP contribution in [0.1, 0.15) is 48.0 Å². The first kappa shape index (κ1) is 22.5. The number of phenolic OH excluding ortho intramolecular Hbond substituents is 1. The first-order valence-electron chi connectivity index (χ1n) is 11.7. The Balaban J connectivity index is 1.34. The third kappa shape index (κ3) is 5.54. The van der Waals surface area contributed by atoms with Gasteiger partial charge in [-0.3, -0.25) is 9.69 Å². The highest BCUT2D eigenvalue weighted by Crippen LogP contribution is 2.28. The molecule has 0 radical (unpaired) electrons. The average Bonchev–Trinajstić information content (AvgIpc) is 2.84. The smallest absolute Gasteiger partial charge is 0.257 e. The molecule has 0 aliphatic carbocycles. The van der Waals surface area contributed by atoms with E-state index in [2.05, 4.69) is 4.90 Å². The number of benzene rings is 2. The van der Waals surface area contributed by atoms with E-state index >= 15 is 0 Å². The van der Waals surface area contributed by atoms with E-state index < -0.39 is 0 Å². The lowest BCUT2D eigenvalue weighted by Crippen LogP contribution is -2.37. The van der Waals surface area contributed by atoms with Crippen LogP contribution in [0.4, 0.5) is 0 Å². The zero-order valence-electron chi connectivity index (χ0n) is 19.0. The Morgan fingerprint density at radius 3 is 2.66 bits per heavy atom. The summed E-state index contributed by atoms with van der Waals surface area (Å²) >= 11 is 0. The third-order valence-corrected chi connectivity index (χ3v) is 6.49. The van der Waals surface area contributed by atoms with Crippen molar-refractivity contribution in [2.75, 3.05) is 39.9 Å². The maximum Gasteiger partial charge on any atom is 0.257 e. The summed E-state index contributed by atoms with van der Waals surface area (Å²) in [5.74, 6) is 1.88. The van der Waals surface area contributed by atoms with Gasteiger partial charge < -0.3 is 19.5 Å². The summed E-state index contributed by atoms with van der Waals surface area (Å²) in [7, 11) is 1.57. The van der Waals surface area contributed by atoms with E-state index in [1.807, 2.05) is 41.3 Å². The summed E-state index contributed by atoms with van der Waals surface area (Å²) < 4.78 is 11.5. The summed E-state index contributed by atoms with van der Waals surface area (Å²) in [6.07, 6.45) is 5.62. The van der Waals surface area contributed by atoms with Gasteiger partial charge in [-0.2, -0.15) is 0 Å². The minimum Gasteiger partial charge on any atom is -0.504 e. The molecule has 0 saturated carbocycles. The highest BCUT2D eigenvalue weighted by Gasteiger charge is 2.24. The molecule has 2 aromatic rings. The van der Waals surface area contributed by atoms with Crippen LogP contribution in [0.5, 0.6) is 17.2 Å². The average molecular weight is 439 g/mol. The van der Waals surface area contributed by atoms with Crippen molar-refractivity contribution >= 4 is 5.91 Å². The molecule has 1 amide bonds. The van der Waals surface area contributed by atoms with Gasteiger partial charge in [-0.1, -0.05) is 18.2 Å². The van der Waals surface area contributed by atoms with Crippen molar-refractivity contribution in [1.82, 2.24) is 9.80 Å². The molecule has 6 heteroatoms. The molecule has 1 N–H and O–H groups in total. The Morgan fingerprint density at radius 2 is 1.84 bits per heavy atom. The molecule has 0 spiro atoms. The molecule has 2 heterocycles. The maximum atomic E-state index is 13.0. The quantitative estimate of drug-likeness (QED) is 0.698. The van der Waals surface area contributed by atoms with Gasteiger partial charge in [-0.15, -0.1) is 0 Å². The van der Waals surface area contributed by atoms with Crippen LogP contribution < -0.4 is 9.47 Å². The van der Waals surface area contributed by atoms with Gasteiger partial charge in [0, 0.05) is 32.1 Å². The van der Waals surface area contributed by atoms with Crippen molar-refractivity contribution in [2.24, 2.45) is 5.92 Å². The fourth-order valence-electron chi connectivity index (χ4n) is 4.75. The van der Waals surface area contributed by atoms with Gasteiger partial charge in [0.2, 0.25) is 0 Å². The summed E-state index contributed by atoms with van der Waals surface area (Å²) in [6.45, 7) is 5.10. The summed E-state index contributed by atoms with van der Waals surface area (Å²) in [5.41, 5.74) is 1.80. The van der Waals surface area contributed by atoms with Crippen molar-refractivity contribution in [3.63, 3.8) is 0 Å². The normalized spacial score (nSPS) is 19.5. The van der Waals surface area contributed by atoms with Crippen LogP contribution in [0.25, 0.3) is 0 Å². The number of nitrogens with zero attached hydrogens (tertiary/aromatic N) is 2. The van der Waals surface area contributed by atoms with Gasteiger partial charge in [0.1, 0.15) is 5.75 Å². The number of piperidine rings is 2. The second kappa shape index (κ2) is 10.7. The van der Waals surface area contributed by atoms with Gasteiger partial charge in [-0.25, -0.2) is 0 Å². The molecule has 2 aromatic carbocycles. The molecule has 32 heavy (non-hydrogen) atoms. The van der Waals surface area contributed by atoms with E-state index in [-0.39, 0.29) is 11.7 Å². The number of amides is 1. The number of phenols is 1. The number of carbonyl (C=O) groups is 1. The Hall–Kier alpha value is -2.73. The van der Waals surface area contributed by atoms with Gasteiger partial charge in [0.15, 0.2) is 11.5 Å². The van der Waals surface area contributed by atoms with Crippen LogP contribution in [-0.4, -0.2) is 60.7 Å². The Kier molecular flexibility index (Phi) is 7.53. The van der Waals surface area contributed by atoms with Crippen molar-refractivity contribution in [1.29, 1.82) is 0 Å². The maximum absolute atomic E-state index is 13.0. The number of hydrogen-bond acceptors (Lipinski definition) is 5. The largest absolute Gasteiger partial charge is 0.504 e. The minimum absolute atomic E-state index is 0.0897. The second-order valence-corrected chi connectivity index (χ2v) is 8.91. The van der Waals surface area contributed by atoms with E-state index in [0.29, 0.717) is 29.6 Å². The van der Waals surface area contributed by atoms with Crippen molar-refractivity contribution in [3.8, 4) is 17.2 Å². The minimum atomic E-state index is 0.0897. The first-order valence-corrected chi connectivity index (χ1v) is 11.7. The fourth-order valence-corrected chi connectivity index (χ4v) is 4.75. The Labute approximate surface area is 190 Å². The number of methoxy groups -OCH3 is 1. The summed E-state index contributed by atoms with van der Waals surface area (Å²) in [6, 6.07) is 13.2. The summed E-state index contributed by atoms with van der Waals surface area (Å²) in [5, 5.41) is 9.82. The van der Waals surface area contributed by atoms with Gasteiger partial charge in [0.05, 0.1) is 19.3 Å². The SMILES string of the molecule is COc1cc(CN2CCCC(COc3ccccc3C(=O)N3CCCCC3)C2)ccc1O. The van der Waals surface area contributed by atoms with Crippen molar-refractivity contribution in [2.45, 2.75) is 38.6 Å². The topological polar surface area (TPSA) is 62.2 Å². The van der Waals surface area contributed by atoms with E-state index in [1.54, 1.807) is 13.2 Å². The van der Waals surface area contributed by atoms with E-state index in [4.69, 9.17) is 9.47 Å². The standard InChI is InChI=1S/C26H34N2O4/c1-31-25-16-20(11-12-23(25)29)17-27-13-7-8-21(18-27)19-32-24-10-4-3-9-22(24)26(30)28-14-5-2-6-15-28/h3-4,9-12,16,21,29H,2,5-8,13-15,17-19H2,1H3. The molecular weight excluding hydrogens is 404 g/mol. The summed E-state index contributed by atoms with van der Waals surface area (Å²) in [4.78, 5) is 17.4. The molecule has 2 saturated heterocycles. The second-order valence-electron chi connectivity index (χ2n) is 8.91.